The Morgan fingerprint density at radius 1 is 1.17 bits per heavy atom. The third kappa shape index (κ3) is 3.79. The predicted molar refractivity (Wildman–Crippen MR) is 97.5 cm³/mol. The molecule has 6 nitrogen and oxygen atoms in total. The third-order valence-corrected chi connectivity index (χ3v) is 6.01. The van der Waals surface area contributed by atoms with Crippen LogP contribution in [0, 0.1) is 0 Å². The van der Waals surface area contributed by atoms with Crippen LogP contribution in [0.4, 0.5) is 0 Å². The molecule has 0 amide bonds. The van der Waals surface area contributed by atoms with E-state index in [1.54, 1.807) is 12.1 Å². The molecule has 0 aliphatic rings. The molecule has 134 valence electrons. The molecule has 0 aliphatic carbocycles. The highest BCUT2D eigenvalue weighted by molar-refractivity contribution is 7.89. The minimum absolute atomic E-state index is 0.284. The molecule has 2 aromatic rings. The van der Waals surface area contributed by atoms with Gasteiger partial charge in [-0.1, -0.05) is 13.3 Å². The van der Waals surface area contributed by atoms with Crippen LogP contribution in [0.1, 0.15) is 32.5 Å². The van der Waals surface area contributed by atoms with Crippen LogP contribution in [0.3, 0.4) is 0 Å². The molecule has 1 aromatic heterocycles. The van der Waals surface area contributed by atoms with Crippen LogP contribution in [0.15, 0.2) is 23.1 Å². The van der Waals surface area contributed by atoms with E-state index in [2.05, 4.69) is 30.4 Å². The van der Waals surface area contributed by atoms with Crippen molar-refractivity contribution in [3.63, 3.8) is 0 Å². The Hall–Kier alpha value is -1.44. The van der Waals surface area contributed by atoms with Gasteiger partial charge in [0.15, 0.2) is 0 Å². The maximum Gasteiger partial charge on any atom is 0.242 e. The van der Waals surface area contributed by atoms with Crippen LogP contribution < -0.4 is 0 Å². The molecule has 2 rings (SSSR count). The number of aromatic nitrogens is 2. The summed E-state index contributed by atoms with van der Waals surface area (Å²) in [6.07, 6.45) is 2.33. The summed E-state index contributed by atoms with van der Waals surface area (Å²) in [5.74, 6) is 0.977. The summed E-state index contributed by atoms with van der Waals surface area (Å²) in [7, 11) is 1.73. The van der Waals surface area contributed by atoms with Gasteiger partial charge in [0.1, 0.15) is 5.82 Å². The number of benzene rings is 1. The normalized spacial score (nSPS) is 12.6. The van der Waals surface area contributed by atoms with Crippen molar-refractivity contribution in [2.45, 2.75) is 44.7 Å². The Bertz CT molecular complexity index is 796. The van der Waals surface area contributed by atoms with E-state index in [1.807, 2.05) is 6.07 Å². The Balaban J connectivity index is 2.41. The van der Waals surface area contributed by atoms with Gasteiger partial charge < -0.3 is 4.57 Å². The molecule has 0 fully saturated rings. The highest BCUT2D eigenvalue weighted by Gasteiger charge is 2.19. The molecule has 0 atom stereocenters. The molecule has 0 aliphatic heterocycles. The lowest BCUT2D eigenvalue weighted by Crippen LogP contribution is -2.22. The van der Waals surface area contributed by atoms with E-state index in [0.717, 1.165) is 42.9 Å². The van der Waals surface area contributed by atoms with E-state index in [9.17, 15) is 8.42 Å². The van der Waals surface area contributed by atoms with Crippen molar-refractivity contribution in [3.8, 4) is 0 Å². The summed E-state index contributed by atoms with van der Waals surface area (Å²) in [4.78, 5) is 7.25. The average Bonchev–Trinajstić information content (AvgIpc) is 2.88. The lowest BCUT2D eigenvalue weighted by Gasteiger charge is -2.16. The summed E-state index contributed by atoms with van der Waals surface area (Å²) in [5, 5.41) is 0. The summed E-state index contributed by atoms with van der Waals surface area (Å²) >= 11 is 0. The molecule has 0 radical (unpaired) electrons. The largest absolute Gasteiger partial charge is 0.327 e. The second-order valence-corrected chi connectivity index (χ2v) is 8.45. The van der Waals surface area contributed by atoms with Crippen LogP contribution in [-0.2, 0) is 23.1 Å². The number of nitrogens with zero attached hydrogens (tertiary/aromatic N) is 4. The second-order valence-electron chi connectivity index (χ2n) is 6.30. The minimum Gasteiger partial charge on any atom is -0.327 e. The number of hydrogen-bond acceptors (Lipinski definition) is 4. The highest BCUT2D eigenvalue weighted by Crippen LogP contribution is 2.22. The molecule has 0 bridgehead atoms. The van der Waals surface area contributed by atoms with E-state index in [0.29, 0.717) is 0 Å². The lowest BCUT2D eigenvalue weighted by atomic mass is 10.3. The van der Waals surface area contributed by atoms with E-state index in [4.69, 9.17) is 4.98 Å². The van der Waals surface area contributed by atoms with Crippen molar-refractivity contribution in [3.05, 3.63) is 24.0 Å². The van der Waals surface area contributed by atoms with E-state index < -0.39 is 10.0 Å². The van der Waals surface area contributed by atoms with Crippen molar-refractivity contribution < 1.29 is 8.42 Å². The minimum atomic E-state index is -3.44. The molecule has 0 spiro atoms. The van der Waals surface area contributed by atoms with E-state index in [-0.39, 0.29) is 4.90 Å². The number of aryl methyl sites for hydroxylation is 1. The Morgan fingerprint density at radius 2 is 1.88 bits per heavy atom. The van der Waals surface area contributed by atoms with Crippen LogP contribution in [-0.4, -0.2) is 54.9 Å². The maximum atomic E-state index is 12.3. The van der Waals surface area contributed by atoms with Gasteiger partial charge >= 0.3 is 0 Å². The zero-order valence-electron chi connectivity index (χ0n) is 15.3. The molecule has 1 aromatic carbocycles. The molecule has 0 unspecified atom stereocenters. The first-order valence-electron chi connectivity index (χ1n) is 8.41. The van der Waals surface area contributed by atoms with Gasteiger partial charge in [0.25, 0.3) is 0 Å². The molecule has 0 N–H and O–H groups in total. The van der Waals surface area contributed by atoms with Gasteiger partial charge in [0, 0.05) is 20.6 Å². The summed E-state index contributed by atoms with van der Waals surface area (Å²) < 4.78 is 28.0. The molecule has 0 saturated heterocycles. The quantitative estimate of drug-likeness (QED) is 0.732. The SMILES string of the molecule is CCCCN(C)Cc1nc2cc(S(=O)(=O)N(C)C)ccc2n1CC. The molecular formula is C17H28N4O2S. The van der Waals surface area contributed by atoms with Gasteiger partial charge in [-0.25, -0.2) is 17.7 Å². The van der Waals surface area contributed by atoms with Gasteiger partial charge in [0.2, 0.25) is 10.0 Å². The average molecular weight is 353 g/mol. The third-order valence-electron chi connectivity index (χ3n) is 4.20. The number of rotatable bonds is 8. The topological polar surface area (TPSA) is 58.4 Å². The highest BCUT2D eigenvalue weighted by atomic mass is 32.2. The van der Waals surface area contributed by atoms with Gasteiger partial charge in [-0.15, -0.1) is 0 Å². The Morgan fingerprint density at radius 3 is 2.46 bits per heavy atom. The Kier molecular flexibility index (Phi) is 6.01. The first kappa shape index (κ1) is 18.9. The van der Waals surface area contributed by atoms with Crippen LogP contribution >= 0.6 is 0 Å². The molecule has 1 heterocycles. The number of fused-ring (bicyclic) bond motifs is 1. The number of hydrogen-bond donors (Lipinski definition) is 0. The van der Waals surface area contributed by atoms with Gasteiger partial charge in [-0.3, -0.25) is 4.90 Å². The zero-order chi connectivity index (χ0) is 17.9. The molecule has 7 heteroatoms. The first-order chi connectivity index (χ1) is 11.3. The van der Waals surface area contributed by atoms with Crippen molar-refractivity contribution in [2.75, 3.05) is 27.7 Å². The van der Waals surface area contributed by atoms with Gasteiger partial charge in [-0.2, -0.15) is 0 Å². The standard InChI is InChI=1S/C17H28N4O2S/c1-6-8-11-20(5)13-17-18-15-12-14(24(22,23)19(3)4)9-10-16(15)21(17)7-2/h9-10,12H,6-8,11,13H2,1-5H3. The number of unbranched alkanes of at least 4 members (excludes halogenated alkanes) is 1. The summed E-state index contributed by atoms with van der Waals surface area (Å²) in [6.45, 7) is 6.87. The van der Waals surface area contributed by atoms with E-state index >= 15 is 0 Å². The zero-order valence-corrected chi connectivity index (χ0v) is 16.1. The van der Waals surface area contributed by atoms with Crippen molar-refractivity contribution >= 4 is 21.1 Å². The fourth-order valence-electron chi connectivity index (χ4n) is 2.75. The van der Waals surface area contributed by atoms with Gasteiger partial charge in [0.05, 0.1) is 22.5 Å². The summed E-state index contributed by atoms with van der Waals surface area (Å²) in [6, 6.07) is 5.19. The first-order valence-corrected chi connectivity index (χ1v) is 9.85. The van der Waals surface area contributed by atoms with Crippen molar-refractivity contribution in [1.82, 2.24) is 18.8 Å². The second kappa shape index (κ2) is 7.63. The monoisotopic (exact) mass is 352 g/mol. The van der Waals surface area contributed by atoms with Crippen LogP contribution in [0.2, 0.25) is 0 Å². The number of sulfonamides is 1. The maximum absolute atomic E-state index is 12.3. The molecular weight excluding hydrogens is 324 g/mol. The fourth-order valence-corrected chi connectivity index (χ4v) is 3.68. The van der Waals surface area contributed by atoms with Crippen LogP contribution in [0.25, 0.3) is 11.0 Å². The predicted octanol–water partition coefficient (Wildman–Crippen LogP) is 2.54. The Labute approximate surface area is 145 Å². The van der Waals surface area contributed by atoms with Crippen molar-refractivity contribution in [1.29, 1.82) is 0 Å². The smallest absolute Gasteiger partial charge is 0.242 e. The fraction of sp³-hybridized carbons (Fsp3) is 0.588. The van der Waals surface area contributed by atoms with E-state index in [1.165, 1.54) is 24.8 Å². The van der Waals surface area contributed by atoms with Gasteiger partial charge in [-0.05, 0) is 45.1 Å². The molecule has 0 saturated carbocycles. The summed E-state index contributed by atoms with van der Waals surface area (Å²) in [5.41, 5.74) is 1.72. The number of imidazole rings is 1. The van der Waals surface area contributed by atoms with Crippen LogP contribution in [0.5, 0.6) is 0 Å². The van der Waals surface area contributed by atoms with Crippen molar-refractivity contribution in [2.24, 2.45) is 0 Å². The molecule has 24 heavy (non-hydrogen) atoms. The lowest BCUT2D eigenvalue weighted by molar-refractivity contribution is 0.308.